The minimum Gasteiger partial charge on any atom is -0.486 e. The number of amides is 1. The van der Waals surface area contributed by atoms with Gasteiger partial charge >= 0.3 is 0 Å². The lowest BCUT2D eigenvalue weighted by Gasteiger charge is -2.20. The van der Waals surface area contributed by atoms with Crippen LogP contribution in [0.1, 0.15) is 22.0 Å². The molecule has 0 unspecified atom stereocenters. The highest BCUT2D eigenvalue weighted by Crippen LogP contribution is 2.32. The topological polar surface area (TPSA) is 93.6 Å². The lowest BCUT2D eigenvalue weighted by molar-refractivity contribution is 0.0916. The zero-order valence-corrected chi connectivity index (χ0v) is 14.0. The van der Waals surface area contributed by atoms with Crippen molar-refractivity contribution in [1.82, 2.24) is 14.1 Å². The van der Waals surface area contributed by atoms with E-state index in [4.69, 9.17) is 9.47 Å². The van der Waals surface area contributed by atoms with E-state index in [9.17, 15) is 9.90 Å². The van der Waals surface area contributed by atoms with Gasteiger partial charge in [-0.1, -0.05) is 6.07 Å². The van der Waals surface area contributed by atoms with E-state index in [-0.39, 0.29) is 12.5 Å². The van der Waals surface area contributed by atoms with Gasteiger partial charge in [0.25, 0.3) is 5.91 Å². The molecule has 25 heavy (non-hydrogen) atoms. The maximum Gasteiger partial charge on any atom is 0.251 e. The van der Waals surface area contributed by atoms with Gasteiger partial charge in [-0.2, -0.15) is 8.75 Å². The maximum atomic E-state index is 12.3. The molecule has 0 spiro atoms. The second-order valence-electron chi connectivity index (χ2n) is 5.60. The predicted molar refractivity (Wildman–Crippen MR) is 92.1 cm³/mol. The zero-order chi connectivity index (χ0) is 17.2. The van der Waals surface area contributed by atoms with Gasteiger partial charge in [-0.25, -0.2) is 0 Å². The minimum absolute atomic E-state index is 0.0891. The number of nitrogens with one attached hydrogen (secondary N) is 1. The van der Waals surface area contributed by atoms with Gasteiger partial charge in [0.2, 0.25) is 0 Å². The van der Waals surface area contributed by atoms with Crippen LogP contribution in [0.25, 0.3) is 11.0 Å². The molecule has 0 aliphatic carbocycles. The molecule has 0 bridgehead atoms. The molecular weight excluding hydrogens is 342 g/mol. The lowest BCUT2D eigenvalue weighted by atomic mass is 10.1. The number of aromatic nitrogens is 2. The second kappa shape index (κ2) is 6.66. The van der Waals surface area contributed by atoms with E-state index in [2.05, 4.69) is 14.1 Å². The number of carbonyl (C=O) groups is 1. The molecule has 0 saturated heterocycles. The van der Waals surface area contributed by atoms with Crippen LogP contribution in [0, 0.1) is 0 Å². The number of benzene rings is 2. The molecule has 2 heterocycles. The van der Waals surface area contributed by atoms with Gasteiger partial charge in [0.1, 0.15) is 24.2 Å². The zero-order valence-electron chi connectivity index (χ0n) is 13.1. The number of hydrogen-bond acceptors (Lipinski definition) is 7. The number of rotatable bonds is 4. The molecule has 0 fully saturated rings. The van der Waals surface area contributed by atoms with Gasteiger partial charge in [0.05, 0.1) is 17.8 Å². The van der Waals surface area contributed by atoms with E-state index >= 15 is 0 Å². The first kappa shape index (κ1) is 15.8. The van der Waals surface area contributed by atoms with Crippen LogP contribution in [0.5, 0.6) is 11.5 Å². The number of nitrogens with zero attached hydrogens (tertiary/aromatic N) is 2. The van der Waals surface area contributed by atoms with Crippen molar-refractivity contribution in [2.45, 2.75) is 6.10 Å². The van der Waals surface area contributed by atoms with Gasteiger partial charge in [-0.05, 0) is 35.9 Å². The van der Waals surface area contributed by atoms with Crippen molar-refractivity contribution in [2.75, 3.05) is 19.8 Å². The summed E-state index contributed by atoms with van der Waals surface area (Å²) >= 11 is 1.11. The highest BCUT2D eigenvalue weighted by molar-refractivity contribution is 7.00. The molecule has 128 valence electrons. The average molecular weight is 357 g/mol. The third kappa shape index (κ3) is 3.26. The number of ether oxygens (including phenoxy) is 2. The second-order valence-corrected chi connectivity index (χ2v) is 6.13. The van der Waals surface area contributed by atoms with Crippen LogP contribution in [-0.2, 0) is 0 Å². The highest BCUT2D eigenvalue weighted by Gasteiger charge is 2.16. The molecule has 2 aromatic carbocycles. The molecule has 1 aromatic heterocycles. The summed E-state index contributed by atoms with van der Waals surface area (Å²) in [7, 11) is 0. The SMILES string of the molecule is O=C(NC[C@@H](O)c1ccc2c(c1)OCCO2)c1ccc2nsnc2c1. The van der Waals surface area contributed by atoms with Gasteiger partial charge in [0, 0.05) is 12.1 Å². The van der Waals surface area contributed by atoms with Crippen molar-refractivity contribution in [3.05, 3.63) is 47.5 Å². The van der Waals surface area contributed by atoms with Gasteiger partial charge < -0.3 is 19.9 Å². The van der Waals surface area contributed by atoms with Gasteiger partial charge in [0.15, 0.2) is 11.5 Å². The molecule has 0 saturated carbocycles. The number of carbonyl (C=O) groups excluding carboxylic acids is 1. The molecular formula is C17H15N3O4S. The Morgan fingerprint density at radius 3 is 2.80 bits per heavy atom. The van der Waals surface area contributed by atoms with Crippen LogP contribution >= 0.6 is 11.7 Å². The Kier molecular flexibility index (Phi) is 4.21. The first-order valence-electron chi connectivity index (χ1n) is 7.79. The predicted octanol–water partition coefficient (Wildman–Crippen LogP) is 1.93. The van der Waals surface area contributed by atoms with Crippen LogP contribution in [0.3, 0.4) is 0 Å². The summed E-state index contributed by atoms with van der Waals surface area (Å²) < 4.78 is 19.2. The fraction of sp³-hybridized carbons (Fsp3) is 0.235. The summed E-state index contributed by atoms with van der Waals surface area (Å²) in [5.41, 5.74) is 2.58. The Morgan fingerprint density at radius 1 is 1.12 bits per heavy atom. The molecule has 4 rings (SSSR count). The summed E-state index contributed by atoms with van der Waals surface area (Å²) in [5, 5.41) is 13.1. The van der Waals surface area contributed by atoms with E-state index in [0.29, 0.717) is 41.4 Å². The Bertz CT molecular complexity index is 927. The fourth-order valence-corrected chi connectivity index (χ4v) is 3.12. The number of aliphatic hydroxyl groups excluding tert-OH is 1. The van der Waals surface area contributed by atoms with Crippen LogP contribution in [0.15, 0.2) is 36.4 Å². The smallest absolute Gasteiger partial charge is 0.251 e. The monoisotopic (exact) mass is 357 g/mol. The maximum absolute atomic E-state index is 12.3. The Balaban J connectivity index is 1.42. The average Bonchev–Trinajstić information content (AvgIpc) is 3.13. The van der Waals surface area contributed by atoms with Crippen molar-refractivity contribution < 1.29 is 19.4 Å². The normalized spacial score (nSPS) is 14.3. The quantitative estimate of drug-likeness (QED) is 0.741. The van der Waals surface area contributed by atoms with Crippen molar-refractivity contribution in [1.29, 1.82) is 0 Å². The molecule has 2 N–H and O–H groups in total. The Labute approximate surface area is 147 Å². The van der Waals surface area contributed by atoms with Crippen molar-refractivity contribution >= 4 is 28.7 Å². The van der Waals surface area contributed by atoms with Crippen LogP contribution in [0.4, 0.5) is 0 Å². The standard InChI is InChI=1S/C17H15N3O4S/c21-14(10-2-4-15-16(8-10)24-6-5-23-15)9-18-17(22)11-1-3-12-13(7-11)20-25-19-12/h1-4,7-8,14,21H,5-6,9H2,(H,18,22)/t14-/m1/s1. The molecule has 1 aliphatic heterocycles. The van der Waals surface area contributed by atoms with E-state index in [1.807, 2.05) is 0 Å². The third-order valence-corrected chi connectivity index (χ3v) is 4.48. The summed E-state index contributed by atoms with van der Waals surface area (Å²) in [6, 6.07) is 10.4. The molecule has 1 atom stereocenters. The molecule has 8 heteroatoms. The van der Waals surface area contributed by atoms with E-state index in [1.54, 1.807) is 36.4 Å². The largest absolute Gasteiger partial charge is 0.486 e. The van der Waals surface area contributed by atoms with Crippen molar-refractivity contribution in [3.63, 3.8) is 0 Å². The summed E-state index contributed by atoms with van der Waals surface area (Å²) in [5.74, 6) is 0.999. The van der Waals surface area contributed by atoms with E-state index in [1.165, 1.54) is 0 Å². The molecule has 1 amide bonds. The summed E-state index contributed by atoms with van der Waals surface area (Å²) in [6.07, 6.45) is -0.843. The number of fused-ring (bicyclic) bond motifs is 2. The first-order chi connectivity index (χ1) is 12.2. The summed E-state index contributed by atoms with van der Waals surface area (Å²) in [4.78, 5) is 12.3. The minimum atomic E-state index is -0.843. The third-order valence-electron chi connectivity index (χ3n) is 3.92. The summed E-state index contributed by atoms with van der Waals surface area (Å²) in [6.45, 7) is 1.09. The molecule has 7 nitrogen and oxygen atoms in total. The van der Waals surface area contributed by atoms with Crippen molar-refractivity contribution in [2.24, 2.45) is 0 Å². The lowest BCUT2D eigenvalue weighted by Crippen LogP contribution is -2.28. The first-order valence-corrected chi connectivity index (χ1v) is 8.52. The van der Waals surface area contributed by atoms with E-state index < -0.39 is 6.10 Å². The van der Waals surface area contributed by atoms with Gasteiger partial charge in [-0.15, -0.1) is 0 Å². The Hall–Kier alpha value is -2.71. The highest BCUT2D eigenvalue weighted by atomic mass is 32.1. The number of hydrogen-bond donors (Lipinski definition) is 2. The molecule has 1 aliphatic rings. The Morgan fingerprint density at radius 2 is 1.92 bits per heavy atom. The van der Waals surface area contributed by atoms with E-state index in [0.717, 1.165) is 17.2 Å². The number of aliphatic hydroxyl groups is 1. The van der Waals surface area contributed by atoms with Crippen molar-refractivity contribution in [3.8, 4) is 11.5 Å². The molecule has 0 radical (unpaired) electrons. The van der Waals surface area contributed by atoms with Crippen LogP contribution in [0.2, 0.25) is 0 Å². The van der Waals surface area contributed by atoms with Crippen LogP contribution < -0.4 is 14.8 Å². The molecule has 3 aromatic rings. The van der Waals surface area contributed by atoms with Crippen LogP contribution in [-0.4, -0.2) is 39.5 Å². The fourth-order valence-electron chi connectivity index (χ4n) is 2.60. The van der Waals surface area contributed by atoms with Gasteiger partial charge in [-0.3, -0.25) is 4.79 Å².